The Labute approximate surface area is 83.8 Å². The van der Waals surface area contributed by atoms with Gasteiger partial charge in [-0.1, -0.05) is 5.16 Å². The fourth-order valence-electron chi connectivity index (χ4n) is 0.591. The van der Waals surface area contributed by atoms with Crippen LogP contribution >= 0.6 is 0 Å². The summed E-state index contributed by atoms with van der Waals surface area (Å²) in [6, 6.07) is 0. The number of hydrogen-bond acceptors (Lipinski definition) is 4. The van der Waals surface area contributed by atoms with Crippen LogP contribution in [0.5, 0.6) is 0 Å². The van der Waals surface area contributed by atoms with Gasteiger partial charge in [-0.05, 0) is 13.8 Å². The third kappa shape index (κ3) is 3.13. The van der Waals surface area contributed by atoms with Gasteiger partial charge in [-0.2, -0.15) is 17.4 Å². The quantitative estimate of drug-likeness (QED) is 0.244. The Morgan fingerprint density at radius 2 is 1.93 bits per heavy atom. The minimum absolute atomic E-state index is 0.206. The summed E-state index contributed by atoms with van der Waals surface area (Å²) in [5, 5.41) is 11.2. The Morgan fingerprint density at radius 3 is 2.21 bits per heavy atom. The number of oxime groups is 1. The third-order valence-electron chi connectivity index (χ3n) is 1.61. The minimum atomic E-state index is -3.60. The van der Waals surface area contributed by atoms with Gasteiger partial charge < -0.3 is 10.9 Å². The first kappa shape index (κ1) is 13.1. The highest BCUT2D eigenvalue weighted by Crippen LogP contribution is 2.05. The van der Waals surface area contributed by atoms with Crippen molar-refractivity contribution in [3.05, 3.63) is 0 Å². The first-order valence-electron chi connectivity index (χ1n) is 3.83. The van der Waals surface area contributed by atoms with Gasteiger partial charge in [0.15, 0.2) is 5.84 Å². The van der Waals surface area contributed by atoms with E-state index < -0.39 is 15.7 Å². The average Bonchev–Trinajstić information content (AvgIpc) is 2.00. The molecular formula is C6H16N4O3S. The Balaban J connectivity index is 4.86. The van der Waals surface area contributed by atoms with Crippen LogP contribution in [0.3, 0.4) is 0 Å². The molecule has 0 bridgehead atoms. The van der Waals surface area contributed by atoms with Crippen molar-refractivity contribution in [3.8, 4) is 0 Å². The van der Waals surface area contributed by atoms with Gasteiger partial charge in [0.2, 0.25) is 0 Å². The summed E-state index contributed by atoms with van der Waals surface area (Å²) < 4.78 is 26.0. The molecule has 8 heteroatoms. The van der Waals surface area contributed by atoms with E-state index in [1.807, 2.05) is 0 Å². The van der Waals surface area contributed by atoms with Crippen molar-refractivity contribution >= 4 is 16.0 Å². The number of amidine groups is 1. The summed E-state index contributed by atoms with van der Waals surface area (Å²) >= 11 is 0. The maximum Gasteiger partial charge on any atom is 0.279 e. The van der Waals surface area contributed by atoms with Crippen molar-refractivity contribution in [2.45, 2.75) is 19.4 Å². The van der Waals surface area contributed by atoms with Gasteiger partial charge in [-0.3, -0.25) is 0 Å². The summed E-state index contributed by atoms with van der Waals surface area (Å²) in [7, 11) is -0.840. The molecule has 0 rings (SSSR count). The van der Waals surface area contributed by atoms with E-state index in [-0.39, 0.29) is 5.84 Å². The van der Waals surface area contributed by atoms with Gasteiger partial charge in [-0.15, -0.1) is 0 Å². The first-order valence-corrected chi connectivity index (χ1v) is 5.27. The highest BCUT2D eigenvalue weighted by Gasteiger charge is 2.30. The van der Waals surface area contributed by atoms with Gasteiger partial charge in [0.1, 0.15) is 0 Å². The van der Waals surface area contributed by atoms with E-state index in [2.05, 4.69) is 9.88 Å². The molecule has 4 N–H and O–H groups in total. The van der Waals surface area contributed by atoms with Crippen LogP contribution < -0.4 is 10.5 Å². The van der Waals surface area contributed by atoms with Crippen LogP contribution in [0.1, 0.15) is 13.8 Å². The van der Waals surface area contributed by atoms with Gasteiger partial charge in [0.25, 0.3) is 10.2 Å². The molecule has 0 aromatic heterocycles. The molecule has 0 amide bonds. The average molecular weight is 224 g/mol. The van der Waals surface area contributed by atoms with Gasteiger partial charge >= 0.3 is 0 Å². The number of rotatable bonds is 4. The second-order valence-electron chi connectivity index (χ2n) is 3.50. The van der Waals surface area contributed by atoms with Crippen LogP contribution in [-0.2, 0) is 10.2 Å². The van der Waals surface area contributed by atoms with Crippen molar-refractivity contribution < 1.29 is 13.6 Å². The zero-order valence-electron chi connectivity index (χ0n) is 8.64. The van der Waals surface area contributed by atoms with E-state index in [1.54, 1.807) is 0 Å². The van der Waals surface area contributed by atoms with Crippen LogP contribution in [0.2, 0.25) is 0 Å². The lowest BCUT2D eigenvalue weighted by Gasteiger charge is -2.26. The molecular weight excluding hydrogens is 208 g/mol. The molecule has 14 heavy (non-hydrogen) atoms. The molecule has 7 nitrogen and oxygen atoms in total. The summed E-state index contributed by atoms with van der Waals surface area (Å²) in [4.78, 5) is 0. The molecule has 0 fully saturated rings. The summed E-state index contributed by atoms with van der Waals surface area (Å²) in [5.74, 6) is -0.206. The highest BCUT2D eigenvalue weighted by molar-refractivity contribution is 7.87. The Bertz CT molecular complexity index is 320. The molecule has 0 radical (unpaired) electrons. The standard InChI is InChI=1S/C6H16N4O3S/c1-6(2,5(7)8-11)9-14(12,13)10(3)4/h9,11H,1-4H3,(H2,7,8). The highest BCUT2D eigenvalue weighted by atomic mass is 32.2. The van der Waals surface area contributed by atoms with Crippen LogP contribution in [0.25, 0.3) is 0 Å². The summed E-state index contributed by atoms with van der Waals surface area (Å²) in [6.45, 7) is 2.98. The van der Waals surface area contributed by atoms with Crippen molar-refractivity contribution in [3.63, 3.8) is 0 Å². The molecule has 0 saturated heterocycles. The molecule has 0 aromatic rings. The lowest BCUT2D eigenvalue weighted by Crippen LogP contribution is -2.55. The largest absolute Gasteiger partial charge is 0.409 e. The van der Waals surface area contributed by atoms with E-state index in [4.69, 9.17) is 10.9 Å². The Hall–Kier alpha value is -0.860. The van der Waals surface area contributed by atoms with Crippen molar-refractivity contribution in [2.75, 3.05) is 14.1 Å². The maximum atomic E-state index is 11.4. The molecule has 0 heterocycles. The SMILES string of the molecule is CN(C)S(=O)(=O)NC(C)(C)/C(N)=N/O. The summed E-state index contributed by atoms with van der Waals surface area (Å²) in [5.41, 5.74) is 4.19. The number of nitrogens with two attached hydrogens (primary N) is 1. The van der Waals surface area contributed by atoms with Gasteiger partial charge in [-0.25, -0.2) is 0 Å². The van der Waals surface area contributed by atoms with Crippen LogP contribution in [0.4, 0.5) is 0 Å². The third-order valence-corrected chi connectivity index (χ3v) is 3.34. The second kappa shape index (κ2) is 4.11. The molecule has 0 aliphatic heterocycles. The monoisotopic (exact) mass is 224 g/mol. The van der Waals surface area contributed by atoms with E-state index in [1.165, 1.54) is 27.9 Å². The van der Waals surface area contributed by atoms with E-state index in [9.17, 15) is 8.42 Å². The fourth-order valence-corrected chi connectivity index (χ4v) is 1.52. The molecule has 0 atom stereocenters. The zero-order valence-corrected chi connectivity index (χ0v) is 9.46. The van der Waals surface area contributed by atoms with Crippen LogP contribution in [0.15, 0.2) is 5.16 Å². The van der Waals surface area contributed by atoms with Crippen molar-refractivity contribution in [1.82, 2.24) is 9.03 Å². The normalized spacial score (nSPS) is 14.8. The Kier molecular flexibility index (Phi) is 3.86. The smallest absolute Gasteiger partial charge is 0.279 e. The molecule has 0 saturated carbocycles. The predicted molar refractivity (Wildman–Crippen MR) is 53.2 cm³/mol. The zero-order chi connectivity index (χ0) is 11.6. The lowest BCUT2D eigenvalue weighted by atomic mass is 10.1. The molecule has 0 aromatic carbocycles. The van der Waals surface area contributed by atoms with Crippen LogP contribution in [0, 0.1) is 0 Å². The lowest BCUT2D eigenvalue weighted by molar-refractivity contribution is 0.312. The summed E-state index contributed by atoms with van der Waals surface area (Å²) in [6.07, 6.45) is 0. The van der Waals surface area contributed by atoms with E-state index in [0.29, 0.717) is 0 Å². The molecule has 0 unspecified atom stereocenters. The Morgan fingerprint density at radius 1 is 1.50 bits per heavy atom. The first-order chi connectivity index (χ1) is 6.13. The van der Waals surface area contributed by atoms with E-state index in [0.717, 1.165) is 4.31 Å². The van der Waals surface area contributed by atoms with Gasteiger partial charge in [0.05, 0.1) is 5.54 Å². The maximum absolute atomic E-state index is 11.4. The fraction of sp³-hybridized carbons (Fsp3) is 0.833. The molecule has 0 spiro atoms. The molecule has 0 aliphatic carbocycles. The van der Waals surface area contributed by atoms with E-state index >= 15 is 0 Å². The number of nitrogens with one attached hydrogen (secondary N) is 1. The van der Waals surface area contributed by atoms with Gasteiger partial charge in [0, 0.05) is 14.1 Å². The molecule has 0 aliphatic rings. The van der Waals surface area contributed by atoms with Crippen molar-refractivity contribution in [2.24, 2.45) is 10.9 Å². The minimum Gasteiger partial charge on any atom is -0.409 e. The predicted octanol–water partition coefficient (Wildman–Crippen LogP) is -1.09. The number of nitrogens with zero attached hydrogens (tertiary/aromatic N) is 2. The number of hydrogen-bond donors (Lipinski definition) is 3. The second-order valence-corrected chi connectivity index (χ2v) is 5.38. The topological polar surface area (TPSA) is 108 Å². The van der Waals surface area contributed by atoms with Crippen LogP contribution in [-0.4, -0.2) is 43.4 Å². The molecule has 84 valence electrons. The van der Waals surface area contributed by atoms with Crippen molar-refractivity contribution in [1.29, 1.82) is 0 Å².